The van der Waals surface area contributed by atoms with Gasteiger partial charge in [0.25, 0.3) is 0 Å². The lowest BCUT2D eigenvalue weighted by molar-refractivity contribution is -0.148. The Morgan fingerprint density at radius 3 is 2.56 bits per heavy atom. The largest absolute Gasteiger partial charge is 0.457 e. The standard InChI is InChI=1S/C23H30N2O2/c1-23(2,3)27-22(26)14-13-17-9-11-18(12-10-17)15-21-24-16-20(25-21)19-7-5-4-6-8-19/h9-14,16,19H,4-8,15H2,1-3H3,(H,24,25)/b14-13+. The summed E-state index contributed by atoms with van der Waals surface area (Å²) in [5, 5.41) is 0. The summed E-state index contributed by atoms with van der Waals surface area (Å²) < 4.78 is 5.28. The van der Waals surface area contributed by atoms with Crippen LogP contribution in [0.3, 0.4) is 0 Å². The summed E-state index contributed by atoms with van der Waals surface area (Å²) >= 11 is 0. The first-order chi connectivity index (χ1) is 12.9. The fraction of sp³-hybridized carbons (Fsp3) is 0.478. The van der Waals surface area contributed by atoms with Crippen molar-refractivity contribution in [3.05, 3.63) is 59.2 Å². The number of ether oxygens (including phenoxy) is 1. The quantitative estimate of drug-likeness (QED) is 0.569. The van der Waals surface area contributed by atoms with E-state index in [9.17, 15) is 4.79 Å². The lowest BCUT2D eigenvalue weighted by Gasteiger charge is -2.19. The van der Waals surface area contributed by atoms with Crippen LogP contribution in [-0.2, 0) is 16.0 Å². The van der Waals surface area contributed by atoms with E-state index in [4.69, 9.17) is 4.74 Å². The van der Waals surface area contributed by atoms with Crippen LogP contribution in [0.4, 0.5) is 0 Å². The van der Waals surface area contributed by atoms with Crippen LogP contribution < -0.4 is 0 Å². The number of aromatic nitrogens is 2. The molecule has 1 N–H and O–H groups in total. The van der Waals surface area contributed by atoms with Crippen LogP contribution in [-0.4, -0.2) is 21.5 Å². The first-order valence-corrected chi connectivity index (χ1v) is 9.93. The predicted octanol–water partition coefficient (Wildman–Crippen LogP) is 5.40. The second-order valence-corrected chi connectivity index (χ2v) is 8.41. The molecule has 0 bridgehead atoms. The molecule has 1 saturated carbocycles. The van der Waals surface area contributed by atoms with Gasteiger partial charge in [-0.15, -0.1) is 0 Å². The first kappa shape index (κ1) is 19.4. The van der Waals surface area contributed by atoms with Gasteiger partial charge >= 0.3 is 5.97 Å². The fourth-order valence-electron chi connectivity index (χ4n) is 3.53. The molecule has 0 unspecified atom stereocenters. The molecule has 144 valence electrons. The van der Waals surface area contributed by atoms with Crippen LogP contribution in [0.15, 0.2) is 36.5 Å². The molecular formula is C23H30N2O2. The number of hydrogen-bond donors (Lipinski definition) is 1. The molecule has 1 heterocycles. The Kier molecular flexibility index (Phi) is 6.15. The molecular weight excluding hydrogens is 336 g/mol. The van der Waals surface area contributed by atoms with E-state index in [0.29, 0.717) is 5.92 Å². The summed E-state index contributed by atoms with van der Waals surface area (Å²) in [4.78, 5) is 19.8. The molecule has 1 aromatic carbocycles. The van der Waals surface area contributed by atoms with Crippen molar-refractivity contribution in [2.45, 2.75) is 70.8 Å². The minimum atomic E-state index is -0.467. The van der Waals surface area contributed by atoms with Crippen molar-refractivity contribution in [3.8, 4) is 0 Å². The van der Waals surface area contributed by atoms with Gasteiger partial charge in [0.2, 0.25) is 0 Å². The van der Waals surface area contributed by atoms with Crippen LogP contribution in [0.25, 0.3) is 6.08 Å². The van der Waals surface area contributed by atoms with Crippen molar-refractivity contribution >= 4 is 12.0 Å². The van der Waals surface area contributed by atoms with Crippen LogP contribution >= 0.6 is 0 Å². The summed E-state index contributed by atoms with van der Waals surface area (Å²) in [6.07, 6.45) is 12.7. The Morgan fingerprint density at radius 2 is 1.89 bits per heavy atom. The number of rotatable bonds is 5. The van der Waals surface area contributed by atoms with E-state index in [1.165, 1.54) is 49.4 Å². The monoisotopic (exact) mass is 366 g/mol. The highest BCUT2D eigenvalue weighted by Gasteiger charge is 2.17. The van der Waals surface area contributed by atoms with E-state index in [1.807, 2.05) is 39.1 Å². The molecule has 3 rings (SSSR count). The summed E-state index contributed by atoms with van der Waals surface area (Å²) in [5.41, 5.74) is 3.01. The van der Waals surface area contributed by atoms with E-state index < -0.39 is 5.60 Å². The Morgan fingerprint density at radius 1 is 1.19 bits per heavy atom. The summed E-state index contributed by atoms with van der Waals surface area (Å²) in [6, 6.07) is 8.19. The zero-order valence-corrected chi connectivity index (χ0v) is 16.6. The second-order valence-electron chi connectivity index (χ2n) is 8.41. The zero-order valence-electron chi connectivity index (χ0n) is 16.6. The lowest BCUT2D eigenvalue weighted by Crippen LogP contribution is -2.22. The second kappa shape index (κ2) is 8.55. The molecule has 1 fully saturated rings. The third-order valence-corrected chi connectivity index (χ3v) is 4.86. The number of nitrogens with one attached hydrogen (secondary N) is 1. The van der Waals surface area contributed by atoms with Crippen LogP contribution in [0.1, 0.15) is 81.4 Å². The van der Waals surface area contributed by atoms with E-state index in [1.54, 1.807) is 6.08 Å². The van der Waals surface area contributed by atoms with Crippen molar-refractivity contribution < 1.29 is 9.53 Å². The number of benzene rings is 1. The number of aromatic amines is 1. The van der Waals surface area contributed by atoms with Crippen molar-refractivity contribution in [3.63, 3.8) is 0 Å². The predicted molar refractivity (Wildman–Crippen MR) is 109 cm³/mol. The number of esters is 1. The summed E-state index contributed by atoms with van der Waals surface area (Å²) in [6.45, 7) is 5.59. The number of carbonyl (C=O) groups excluding carboxylic acids is 1. The maximum atomic E-state index is 11.8. The Bertz CT molecular complexity index is 775. The maximum absolute atomic E-state index is 11.8. The fourth-order valence-corrected chi connectivity index (χ4v) is 3.53. The molecule has 1 aliphatic carbocycles. The Hall–Kier alpha value is -2.36. The molecule has 0 aliphatic heterocycles. The summed E-state index contributed by atoms with van der Waals surface area (Å²) in [7, 11) is 0. The smallest absolute Gasteiger partial charge is 0.331 e. The number of imidazole rings is 1. The molecule has 0 radical (unpaired) electrons. The highest BCUT2D eigenvalue weighted by atomic mass is 16.6. The third kappa shape index (κ3) is 6.09. The van der Waals surface area contributed by atoms with Crippen LogP contribution in [0.2, 0.25) is 0 Å². The molecule has 0 amide bonds. The minimum absolute atomic E-state index is 0.322. The number of H-pyrrole nitrogens is 1. The average molecular weight is 367 g/mol. The van der Waals surface area contributed by atoms with Gasteiger partial charge in [0, 0.05) is 30.3 Å². The Balaban J connectivity index is 1.56. The molecule has 0 spiro atoms. The van der Waals surface area contributed by atoms with Gasteiger partial charge in [0.15, 0.2) is 0 Å². The van der Waals surface area contributed by atoms with Gasteiger partial charge in [-0.2, -0.15) is 0 Å². The van der Waals surface area contributed by atoms with Gasteiger partial charge < -0.3 is 9.72 Å². The lowest BCUT2D eigenvalue weighted by atomic mass is 9.87. The zero-order chi connectivity index (χ0) is 19.3. The van der Waals surface area contributed by atoms with Gasteiger partial charge in [-0.05, 0) is 50.8 Å². The molecule has 1 aromatic heterocycles. The molecule has 2 aromatic rings. The molecule has 27 heavy (non-hydrogen) atoms. The van der Waals surface area contributed by atoms with Crippen molar-refractivity contribution in [1.29, 1.82) is 0 Å². The minimum Gasteiger partial charge on any atom is -0.457 e. The normalized spacial score (nSPS) is 16.0. The molecule has 0 saturated heterocycles. The highest BCUT2D eigenvalue weighted by molar-refractivity contribution is 5.87. The number of hydrogen-bond acceptors (Lipinski definition) is 3. The van der Waals surface area contributed by atoms with E-state index >= 15 is 0 Å². The van der Waals surface area contributed by atoms with Crippen LogP contribution in [0, 0.1) is 0 Å². The SMILES string of the molecule is CC(C)(C)OC(=O)/C=C/c1ccc(Cc2ncc(C3CCCCC3)[nH]2)cc1. The average Bonchev–Trinajstić information content (AvgIpc) is 3.09. The highest BCUT2D eigenvalue weighted by Crippen LogP contribution is 2.31. The molecule has 4 heteroatoms. The van der Waals surface area contributed by atoms with E-state index in [0.717, 1.165) is 17.8 Å². The van der Waals surface area contributed by atoms with Crippen molar-refractivity contribution in [1.82, 2.24) is 9.97 Å². The third-order valence-electron chi connectivity index (χ3n) is 4.86. The molecule has 4 nitrogen and oxygen atoms in total. The van der Waals surface area contributed by atoms with Gasteiger partial charge in [0.05, 0.1) is 0 Å². The van der Waals surface area contributed by atoms with Crippen LogP contribution in [0.5, 0.6) is 0 Å². The Labute approximate surface area is 162 Å². The first-order valence-electron chi connectivity index (χ1n) is 9.93. The maximum Gasteiger partial charge on any atom is 0.331 e. The van der Waals surface area contributed by atoms with Gasteiger partial charge in [0.1, 0.15) is 11.4 Å². The van der Waals surface area contributed by atoms with Gasteiger partial charge in [-0.3, -0.25) is 0 Å². The van der Waals surface area contributed by atoms with Crippen molar-refractivity contribution in [2.24, 2.45) is 0 Å². The number of nitrogens with zero attached hydrogens (tertiary/aromatic N) is 1. The summed E-state index contributed by atoms with van der Waals surface area (Å²) in [5.74, 6) is 1.35. The van der Waals surface area contributed by atoms with E-state index in [-0.39, 0.29) is 5.97 Å². The molecule has 1 aliphatic rings. The molecule has 0 atom stereocenters. The van der Waals surface area contributed by atoms with E-state index in [2.05, 4.69) is 22.1 Å². The number of carbonyl (C=O) groups is 1. The van der Waals surface area contributed by atoms with Gasteiger partial charge in [-0.25, -0.2) is 9.78 Å². The topological polar surface area (TPSA) is 55.0 Å². The van der Waals surface area contributed by atoms with Gasteiger partial charge in [-0.1, -0.05) is 43.5 Å². The van der Waals surface area contributed by atoms with Crippen molar-refractivity contribution in [2.75, 3.05) is 0 Å².